The van der Waals surface area contributed by atoms with E-state index in [1.165, 1.54) is 12.1 Å². The third kappa shape index (κ3) is 4.42. The molecule has 0 aliphatic carbocycles. The fraction of sp³-hybridized carbons (Fsp3) is 0.333. The minimum atomic E-state index is -4.36. The van der Waals surface area contributed by atoms with E-state index in [1.807, 2.05) is 23.2 Å². The summed E-state index contributed by atoms with van der Waals surface area (Å²) in [5.41, 5.74) is 6.46. The number of rotatable bonds is 4. The van der Waals surface area contributed by atoms with Crippen molar-refractivity contribution in [3.8, 4) is 11.5 Å². The third-order valence-corrected chi connectivity index (χ3v) is 5.22. The standard InChI is InChI=1S/C21H23F3N4O/c22-21(23,24)15-3-7-18(8-4-15)29-19-9-5-16(6-10-19)28-14-27(13-20(28)25)17-2-1-11-26-12-17/h3-10,13,17,26H,1-2,11-12,14,25H2. The summed E-state index contributed by atoms with van der Waals surface area (Å²) < 4.78 is 43.6. The maximum atomic E-state index is 12.6. The predicted octanol–water partition coefficient (Wildman–Crippen LogP) is 4.09. The molecule has 8 heteroatoms. The monoisotopic (exact) mass is 404 g/mol. The molecule has 0 aromatic heterocycles. The zero-order chi connectivity index (χ0) is 20.4. The van der Waals surface area contributed by atoms with Crippen LogP contribution in [-0.4, -0.2) is 30.7 Å². The number of benzene rings is 2. The van der Waals surface area contributed by atoms with Gasteiger partial charge in [0, 0.05) is 24.5 Å². The summed E-state index contributed by atoms with van der Waals surface area (Å²) in [6, 6.07) is 12.4. The first-order valence-corrected chi connectivity index (χ1v) is 9.56. The molecule has 5 nitrogen and oxygen atoms in total. The molecule has 0 saturated carbocycles. The van der Waals surface area contributed by atoms with Gasteiger partial charge in [-0.25, -0.2) is 0 Å². The normalized spacial score (nSPS) is 20.0. The fourth-order valence-electron chi connectivity index (χ4n) is 3.64. The van der Waals surface area contributed by atoms with Crippen LogP contribution in [0.25, 0.3) is 0 Å². The third-order valence-electron chi connectivity index (χ3n) is 5.22. The zero-order valence-corrected chi connectivity index (χ0v) is 15.8. The lowest BCUT2D eigenvalue weighted by molar-refractivity contribution is -0.137. The average molecular weight is 404 g/mol. The highest BCUT2D eigenvalue weighted by molar-refractivity contribution is 5.55. The Bertz CT molecular complexity index is 859. The van der Waals surface area contributed by atoms with E-state index >= 15 is 0 Å². The number of nitrogens with two attached hydrogens (primary N) is 1. The SMILES string of the molecule is NC1=CN(C2CCCNC2)CN1c1ccc(Oc2ccc(C(F)(F)F)cc2)cc1. The summed E-state index contributed by atoms with van der Waals surface area (Å²) in [6.45, 7) is 2.71. The Balaban J connectivity index is 1.40. The van der Waals surface area contributed by atoms with E-state index in [4.69, 9.17) is 10.5 Å². The topological polar surface area (TPSA) is 53.8 Å². The lowest BCUT2D eigenvalue weighted by Gasteiger charge is -2.32. The number of ether oxygens (including phenoxy) is 1. The van der Waals surface area contributed by atoms with Gasteiger partial charge in [-0.1, -0.05) is 0 Å². The van der Waals surface area contributed by atoms with Crippen LogP contribution in [0.15, 0.2) is 60.6 Å². The zero-order valence-electron chi connectivity index (χ0n) is 15.8. The summed E-state index contributed by atoms with van der Waals surface area (Å²) in [5.74, 6) is 1.58. The number of alkyl halides is 3. The second-order valence-corrected chi connectivity index (χ2v) is 7.26. The predicted molar refractivity (Wildman–Crippen MR) is 105 cm³/mol. The van der Waals surface area contributed by atoms with Gasteiger partial charge < -0.3 is 25.6 Å². The summed E-state index contributed by atoms with van der Waals surface area (Å²) in [6.07, 6.45) is -0.0648. The first-order valence-electron chi connectivity index (χ1n) is 9.56. The van der Waals surface area contributed by atoms with Crippen LogP contribution in [-0.2, 0) is 6.18 Å². The van der Waals surface area contributed by atoms with Gasteiger partial charge in [0.15, 0.2) is 0 Å². The van der Waals surface area contributed by atoms with Gasteiger partial charge in [-0.2, -0.15) is 13.2 Å². The maximum absolute atomic E-state index is 12.6. The molecule has 1 saturated heterocycles. The molecule has 3 N–H and O–H groups in total. The maximum Gasteiger partial charge on any atom is 0.416 e. The van der Waals surface area contributed by atoms with Crippen LogP contribution < -0.4 is 20.7 Å². The van der Waals surface area contributed by atoms with Crippen molar-refractivity contribution in [1.82, 2.24) is 10.2 Å². The Hall–Kier alpha value is -2.87. The van der Waals surface area contributed by atoms with Crippen molar-refractivity contribution in [3.05, 3.63) is 66.1 Å². The van der Waals surface area contributed by atoms with Crippen LogP contribution >= 0.6 is 0 Å². The van der Waals surface area contributed by atoms with Crippen molar-refractivity contribution in [3.63, 3.8) is 0 Å². The Labute approximate surface area is 167 Å². The number of halogens is 3. The molecular weight excluding hydrogens is 381 g/mol. The number of anilines is 1. The number of hydrogen-bond donors (Lipinski definition) is 2. The minimum Gasteiger partial charge on any atom is -0.457 e. The Kier molecular flexibility index (Phi) is 5.27. The lowest BCUT2D eigenvalue weighted by atomic mass is 10.1. The number of hydrogen-bond acceptors (Lipinski definition) is 5. The molecule has 2 aromatic rings. The van der Waals surface area contributed by atoms with Gasteiger partial charge in [-0.3, -0.25) is 0 Å². The summed E-state index contributed by atoms with van der Waals surface area (Å²) >= 11 is 0. The Morgan fingerprint density at radius 1 is 1.00 bits per heavy atom. The molecule has 0 radical (unpaired) electrons. The fourth-order valence-corrected chi connectivity index (χ4v) is 3.64. The Morgan fingerprint density at radius 3 is 2.24 bits per heavy atom. The molecule has 154 valence electrons. The molecule has 0 bridgehead atoms. The van der Waals surface area contributed by atoms with Crippen LogP contribution in [0, 0.1) is 0 Å². The summed E-state index contributed by atoms with van der Waals surface area (Å²) in [7, 11) is 0. The van der Waals surface area contributed by atoms with E-state index in [0.29, 0.717) is 30.0 Å². The average Bonchev–Trinajstić information content (AvgIpc) is 3.11. The van der Waals surface area contributed by atoms with Crippen LogP contribution in [0.1, 0.15) is 18.4 Å². The van der Waals surface area contributed by atoms with Gasteiger partial charge in [0.25, 0.3) is 0 Å². The molecule has 2 heterocycles. The minimum absolute atomic E-state index is 0.349. The second kappa shape index (κ2) is 7.87. The van der Waals surface area contributed by atoms with Crippen molar-refractivity contribution >= 4 is 5.69 Å². The van der Waals surface area contributed by atoms with Gasteiger partial charge in [0.05, 0.1) is 12.2 Å². The van der Waals surface area contributed by atoms with Crippen molar-refractivity contribution < 1.29 is 17.9 Å². The number of nitrogens with zero attached hydrogens (tertiary/aromatic N) is 2. The van der Waals surface area contributed by atoms with Crippen LogP contribution in [0.2, 0.25) is 0 Å². The Morgan fingerprint density at radius 2 is 1.66 bits per heavy atom. The van der Waals surface area contributed by atoms with Gasteiger partial charge >= 0.3 is 6.18 Å². The van der Waals surface area contributed by atoms with E-state index < -0.39 is 11.7 Å². The molecule has 1 atom stereocenters. The molecule has 4 rings (SSSR count). The molecular formula is C21H23F3N4O. The van der Waals surface area contributed by atoms with Gasteiger partial charge in [-0.05, 0) is 67.9 Å². The lowest BCUT2D eigenvalue weighted by Crippen LogP contribution is -2.44. The van der Waals surface area contributed by atoms with Crippen LogP contribution in [0.5, 0.6) is 11.5 Å². The second-order valence-electron chi connectivity index (χ2n) is 7.26. The van der Waals surface area contributed by atoms with Gasteiger partial charge in [0.1, 0.15) is 17.3 Å². The van der Waals surface area contributed by atoms with E-state index in [1.54, 1.807) is 12.1 Å². The smallest absolute Gasteiger partial charge is 0.416 e. The molecule has 0 amide bonds. The van der Waals surface area contributed by atoms with E-state index in [0.717, 1.165) is 43.8 Å². The van der Waals surface area contributed by atoms with E-state index in [9.17, 15) is 13.2 Å². The van der Waals surface area contributed by atoms with Gasteiger partial charge in [0.2, 0.25) is 0 Å². The quantitative estimate of drug-likeness (QED) is 0.804. The first kappa shape index (κ1) is 19.4. The first-order chi connectivity index (χ1) is 13.9. The molecule has 0 spiro atoms. The van der Waals surface area contributed by atoms with Crippen molar-refractivity contribution in [2.75, 3.05) is 24.7 Å². The highest BCUT2D eigenvalue weighted by Gasteiger charge is 2.30. The van der Waals surface area contributed by atoms with Crippen molar-refractivity contribution in [2.24, 2.45) is 5.73 Å². The molecule has 29 heavy (non-hydrogen) atoms. The molecule has 1 unspecified atom stereocenters. The van der Waals surface area contributed by atoms with Crippen LogP contribution in [0.4, 0.5) is 18.9 Å². The largest absolute Gasteiger partial charge is 0.457 e. The molecule has 2 aliphatic heterocycles. The highest BCUT2D eigenvalue weighted by Crippen LogP contribution is 2.32. The molecule has 2 aromatic carbocycles. The van der Waals surface area contributed by atoms with E-state index in [-0.39, 0.29) is 0 Å². The highest BCUT2D eigenvalue weighted by atomic mass is 19.4. The molecule has 2 aliphatic rings. The van der Waals surface area contributed by atoms with Gasteiger partial charge in [-0.15, -0.1) is 0 Å². The summed E-state index contributed by atoms with van der Waals surface area (Å²) in [5, 5.41) is 3.41. The number of nitrogens with one attached hydrogen (secondary N) is 1. The van der Waals surface area contributed by atoms with Crippen LogP contribution in [0.3, 0.4) is 0 Å². The van der Waals surface area contributed by atoms with Crippen molar-refractivity contribution in [1.29, 1.82) is 0 Å². The molecule has 1 fully saturated rings. The summed E-state index contributed by atoms with van der Waals surface area (Å²) in [4.78, 5) is 4.28. The van der Waals surface area contributed by atoms with E-state index in [2.05, 4.69) is 10.2 Å². The number of piperidine rings is 1. The van der Waals surface area contributed by atoms with Crippen molar-refractivity contribution in [2.45, 2.75) is 25.1 Å².